The van der Waals surface area contributed by atoms with E-state index in [2.05, 4.69) is 9.97 Å². The Morgan fingerprint density at radius 2 is 2.31 bits per heavy atom. The number of nitrogens with two attached hydrogens (primary N) is 1. The quantitative estimate of drug-likeness (QED) is 0.696. The summed E-state index contributed by atoms with van der Waals surface area (Å²) in [5, 5.41) is 0. The summed E-state index contributed by atoms with van der Waals surface area (Å²) >= 11 is 1.40. The Kier molecular flexibility index (Phi) is 1.73. The van der Waals surface area contributed by atoms with E-state index in [1.54, 1.807) is 5.51 Å². The minimum atomic E-state index is -0.0733. The fraction of sp³-hybridized carbons (Fsp3) is 0.125. The summed E-state index contributed by atoms with van der Waals surface area (Å²) in [5.74, 6) is -0.0733. The Morgan fingerprint density at radius 3 is 3.00 bits per heavy atom. The zero-order valence-corrected chi connectivity index (χ0v) is 7.76. The van der Waals surface area contributed by atoms with Crippen LogP contribution in [-0.2, 0) is 0 Å². The summed E-state index contributed by atoms with van der Waals surface area (Å²) < 4.78 is 0. The number of pyridine rings is 1. The number of hydrogen-bond acceptors (Lipinski definition) is 5. The lowest BCUT2D eigenvalue weighted by Crippen LogP contribution is -2.01. The van der Waals surface area contributed by atoms with E-state index in [4.69, 9.17) is 5.73 Å². The number of carbonyl (C=O) groups is 1. The van der Waals surface area contributed by atoms with Crippen LogP contribution >= 0.6 is 11.3 Å². The van der Waals surface area contributed by atoms with E-state index in [1.165, 1.54) is 24.5 Å². The highest BCUT2D eigenvalue weighted by atomic mass is 32.1. The number of anilines is 1. The molecule has 0 amide bonds. The number of ketones is 1. The molecule has 2 heterocycles. The van der Waals surface area contributed by atoms with Gasteiger partial charge in [0, 0.05) is 0 Å². The molecule has 2 N–H and O–H groups in total. The van der Waals surface area contributed by atoms with Crippen molar-refractivity contribution in [3.8, 4) is 0 Å². The van der Waals surface area contributed by atoms with Crippen molar-refractivity contribution >= 4 is 33.2 Å². The van der Waals surface area contributed by atoms with Crippen LogP contribution in [-0.4, -0.2) is 15.8 Å². The van der Waals surface area contributed by atoms with Gasteiger partial charge in [0.1, 0.15) is 10.3 Å². The van der Waals surface area contributed by atoms with Gasteiger partial charge in [-0.05, 0) is 6.92 Å². The van der Waals surface area contributed by atoms with Crippen molar-refractivity contribution in [1.29, 1.82) is 0 Å². The van der Waals surface area contributed by atoms with Crippen molar-refractivity contribution in [1.82, 2.24) is 9.97 Å². The molecular weight excluding hydrogens is 186 g/mol. The average molecular weight is 193 g/mol. The first-order valence-electron chi connectivity index (χ1n) is 3.68. The van der Waals surface area contributed by atoms with Crippen LogP contribution in [0.15, 0.2) is 11.7 Å². The molecule has 0 saturated heterocycles. The molecule has 66 valence electrons. The van der Waals surface area contributed by atoms with E-state index in [-0.39, 0.29) is 5.78 Å². The van der Waals surface area contributed by atoms with Crippen molar-refractivity contribution in [2.24, 2.45) is 0 Å². The number of nitrogen functional groups attached to an aromatic ring is 1. The van der Waals surface area contributed by atoms with Crippen LogP contribution in [0.1, 0.15) is 17.3 Å². The number of nitrogens with zero attached hydrogens (tertiary/aromatic N) is 2. The number of carbonyl (C=O) groups excluding carboxylic acids is 1. The Labute approximate surface area is 78.4 Å². The number of fused-ring (bicyclic) bond motifs is 1. The van der Waals surface area contributed by atoms with E-state index in [0.717, 1.165) is 4.83 Å². The lowest BCUT2D eigenvalue weighted by atomic mass is 10.1. The standard InChI is InChI=1S/C8H7N3OS/c1-4(12)6-5(9)2-10-8-7(6)11-3-13-8/h2-3H,9H2,1H3. The monoisotopic (exact) mass is 193 g/mol. The maximum Gasteiger partial charge on any atom is 0.164 e. The van der Waals surface area contributed by atoms with Gasteiger partial charge in [0.25, 0.3) is 0 Å². The highest BCUT2D eigenvalue weighted by molar-refractivity contribution is 7.16. The third kappa shape index (κ3) is 1.17. The number of rotatable bonds is 1. The maximum absolute atomic E-state index is 11.2. The van der Waals surface area contributed by atoms with Crippen molar-refractivity contribution in [2.45, 2.75) is 6.92 Å². The molecule has 0 radical (unpaired) electrons. The minimum absolute atomic E-state index is 0.0733. The van der Waals surface area contributed by atoms with E-state index < -0.39 is 0 Å². The van der Waals surface area contributed by atoms with Crippen molar-refractivity contribution in [3.05, 3.63) is 17.3 Å². The summed E-state index contributed by atoms with van der Waals surface area (Å²) in [6, 6.07) is 0. The molecule has 2 aromatic rings. The molecule has 0 atom stereocenters. The predicted molar refractivity (Wildman–Crippen MR) is 51.8 cm³/mol. The summed E-state index contributed by atoms with van der Waals surface area (Å²) in [6.45, 7) is 1.48. The normalized spacial score (nSPS) is 10.5. The largest absolute Gasteiger partial charge is 0.397 e. The molecule has 0 fully saturated rings. The molecule has 0 aromatic carbocycles. The maximum atomic E-state index is 11.2. The number of thiazole rings is 1. The van der Waals surface area contributed by atoms with E-state index in [1.807, 2.05) is 0 Å². The minimum Gasteiger partial charge on any atom is -0.397 e. The smallest absolute Gasteiger partial charge is 0.164 e. The lowest BCUT2D eigenvalue weighted by Gasteiger charge is -2.00. The molecule has 0 aliphatic rings. The highest BCUT2D eigenvalue weighted by Gasteiger charge is 2.12. The molecule has 5 heteroatoms. The van der Waals surface area contributed by atoms with Crippen LogP contribution in [0, 0.1) is 0 Å². The molecule has 0 aliphatic carbocycles. The van der Waals surface area contributed by atoms with Gasteiger partial charge in [0.2, 0.25) is 0 Å². The number of hydrogen-bond donors (Lipinski definition) is 1. The first-order chi connectivity index (χ1) is 6.20. The van der Waals surface area contributed by atoms with Crippen LogP contribution in [0.5, 0.6) is 0 Å². The van der Waals surface area contributed by atoms with Gasteiger partial charge in [-0.25, -0.2) is 9.97 Å². The van der Waals surface area contributed by atoms with Gasteiger partial charge in [-0.15, -0.1) is 11.3 Å². The Morgan fingerprint density at radius 1 is 1.54 bits per heavy atom. The Bertz CT molecular complexity index is 477. The first kappa shape index (κ1) is 8.12. The lowest BCUT2D eigenvalue weighted by molar-refractivity contribution is 0.102. The zero-order chi connectivity index (χ0) is 9.42. The SMILES string of the molecule is CC(=O)c1c(N)cnc2scnc12. The van der Waals surface area contributed by atoms with Gasteiger partial charge in [-0.1, -0.05) is 0 Å². The second-order valence-electron chi connectivity index (χ2n) is 2.65. The second kappa shape index (κ2) is 2.77. The van der Waals surface area contributed by atoms with Crippen LogP contribution in [0.3, 0.4) is 0 Å². The van der Waals surface area contributed by atoms with Gasteiger partial charge in [0.15, 0.2) is 5.78 Å². The van der Waals surface area contributed by atoms with E-state index in [9.17, 15) is 4.79 Å². The van der Waals surface area contributed by atoms with Crippen molar-refractivity contribution in [3.63, 3.8) is 0 Å². The van der Waals surface area contributed by atoms with Crippen LogP contribution in [0.4, 0.5) is 5.69 Å². The molecule has 0 spiro atoms. The van der Waals surface area contributed by atoms with Crippen molar-refractivity contribution in [2.75, 3.05) is 5.73 Å². The molecule has 2 aromatic heterocycles. The first-order valence-corrected chi connectivity index (χ1v) is 4.56. The average Bonchev–Trinajstić information content (AvgIpc) is 2.50. The Balaban J connectivity index is 2.88. The highest BCUT2D eigenvalue weighted by Crippen LogP contribution is 2.23. The van der Waals surface area contributed by atoms with Gasteiger partial charge in [-0.2, -0.15) is 0 Å². The van der Waals surface area contributed by atoms with Gasteiger partial charge < -0.3 is 5.73 Å². The van der Waals surface area contributed by atoms with Gasteiger partial charge >= 0.3 is 0 Å². The second-order valence-corrected chi connectivity index (χ2v) is 3.48. The molecule has 0 aliphatic heterocycles. The summed E-state index contributed by atoms with van der Waals surface area (Å²) in [7, 11) is 0. The molecule has 4 nitrogen and oxygen atoms in total. The van der Waals surface area contributed by atoms with E-state index in [0.29, 0.717) is 16.8 Å². The van der Waals surface area contributed by atoms with Crippen molar-refractivity contribution < 1.29 is 4.79 Å². The summed E-state index contributed by atoms with van der Waals surface area (Å²) in [6.07, 6.45) is 1.50. The molecule has 0 saturated carbocycles. The molecule has 2 rings (SSSR count). The molecule has 0 bridgehead atoms. The number of aromatic nitrogens is 2. The van der Waals surface area contributed by atoms with Gasteiger partial charge in [0.05, 0.1) is 23.0 Å². The zero-order valence-electron chi connectivity index (χ0n) is 6.94. The summed E-state index contributed by atoms with van der Waals surface area (Å²) in [4.78, 5) is 20.1. The molecule has 13 heavy (non-hydrogen) atoms. The predicted octanol–water partition coefficient (Wildman–Crippen LogP) is 1.48. The Hall–Kier alpha value is -1.49. The number of Topliss-reactive ketones (excluding diaryl/α,β-unsaturated/α-hetero) is 1. The third-order valence-corrected chi connectivity index (χ3v) is 2.48. The topological polar surface area (TPSA) is 68.9 Å². The molecular formula is C8H7N3OS. The fourth-order valence-electron chi connectivity index (χ4n) is 1.20. The van der Waals surface area contributed by atoms with Crippen LogP contribution in [0.25, 0.3) is 10.3 Å². The van der Waals surface area contributed by atoms with Crippen LogP contribution in [0.2, 0.25) is 0 Å². The van der Waals surface area contributed by atoms with Gasteiger partial charge in [-0.3, -0.25) is 4.79 Å². The summed E-state index contributed by atoms with van der Waals surface area (Å²) in [5.41, 5.74) is 8.77. The molecule has 0 unspecified atom stereocenters. The third-order valence-electron chi connectivity index (χ3n) is 1.75. The van der Waals surface area contributed by atoms with Crippen LogP contribution < -0.4 is 5.73 Å². The van der Waals surface area contributed by atoms with E-state index >= 15 is 0 Å². The fourth-order valence-corrected chi connectivity index (χ4v) is 1.84.